The summed E-state index contributed by atoms with van der Waals surface area (Å²) in [5.74, 6) is 1.26. The monoisotopic (exact) mass is 294 g/mol. The van der Waals surface area contributed by atoms with E-state index in [9.17, 15) is 4.57 Å². The maximum Gasteiger partial charge on any atom is 0.321 e. The summed E-state index contributed by atoms with van der Waals surface area (Å²) < 4.78 is 21.2. The first kappa shape index (κ1) is 15.6. The first-order chi connectivity index (χ1) is 6.60. The fraction of sp³-hybridized carbons (Fsp3) is 1.00. The van der Waals surface area contributed by atoms with Crippen LogP contribution in [0.15, 0.2) is 0 Å². The fourth-order valence-corrected chi connectivity index (χ4v) is 2.98. The number of hydrogen-bond donors (Lipinski definition) is 4. The van der Waals surface area contributed by atoms with Crippen LogP contribution in [-0.2, 0) is 13.6 Å². The molecule has 0 aliphatic rings. The lowest BCUT2D eigenvalue weighted by atomic mass is 10.5. The van der Waals surface area contributed by atoms with E-state index in [4.69, 9.17) is 9.05 Å². The second kappa shape index (κ2) is 9.75. The van der Waals surface area contributed by atoms with E-state index >= 15 is 0 Å². The molecule has 0 fully saturated rings. The average molecular weight is 294 g/mol. The van der Waals surface area contributed by atoms with Crippen LogP contribution in [0.1, 0.15) is 12.8 Å². The largest absolute Gasteiger partial charge is 0.321 e. The molecule has 0 N–H and O–H groups in total. The molecule has 86 valence electrons. The Labute approximate surface area is 107 Å². The highest BCUT2D eigenvalue weighted by molar-refractivity contribution is 7.82. The van der Waals surface area contributed by atoms with Crippen molar-refractivity contribution in [1.82, 2.24) is 0 Å². The average Bonchev–Trinajstić information content (AvgIpc) is 2.03. The first-order valence-electron chi connectivity index (χ1n) is 4.05. The summed E-state index contributed by atoms with van der Waals surface area (Å²) in [5, 5.41) is 0. The minimum atomic E-state index is -2.50. The molecule has 0 heterocycles. The lowest BCUT2D eigenvalue weighted by Gasteiger charge is -2.13. The van der Waals surface area contributed by atoms with Gasteiger partial charge in [-0.2, -0.15) is 25.3 Å². The molecule has 0 radical (unpaired) electrons. The van der Waals surface area contributed by atoms with Crippen molar-refractivity contribution in [2.75, 3.05) is 11.5 Å². The first-order valence-corrected chi connectivity index (χ1v) is 7.57. The fourth-order valence-electron chi connectivity index (χ4n) is 0.589. The van der Waals surface area contributed by atoms with Crippen molar-refractivity contribution in [3.05, 3.63) is 0 Å². The number of thiol groups is 4. The molecule has 0 aromatic rings. The zero-order valence-electron chi connectivity index (χ0n) is 7.50. The molecule has 0 aliphatic carbocycles. The standard InChI is InChI=1S/C6H15O3PS4/c7-10(8-5(13)1-3-11)9-6(14)2-4-12/h5-6,10-14H,1-4H2. The van der Waals surface area contributed by atoms with Crippen molar-refractivity contribution in [2.45, 2.75) is 23.7 Å². The van der Waals surface area contributed by atoms with Gasteiger partial charge >= 0.3 is 8.25 Å². The lowest BCUT2D eigenvalue weighted by molar-refractivity contribution is 0.200. The van der Waals surface area contributed by atoms with E-state index in [0.717, 1.165) is 0 Å². The Bertz CT molecular complexity index is 155. The van der Waals surface area contributed by atoms with Crippen LogP contribution in [0.3, 0.4) is 0 Å². The van der Waals surface area contributed by atoms with E-state index in [1.807, 2.05) is 0 Å². The molecule has 0 saturated carbocycles. The third-order valence-electron chi connectivity index (χ3n) is 1.22. The van der Waals surface area contributed by atoms with Gasteiger partial charge in [0, 0.05) is 0 Å². The Morgan fingerprint density at radius 2 is 1.36 bits per heavy atom. The van der Waals surface area contributed by atoms with Crippen LogP contribution < -0.4 is 0 Å². The SMILES string of the molecule is O=[PH](OC(S)CCS)OC(S)CCS. The predicted molar refractivity (Wildman–Crippen MR) is 73.7 cm³/mol. The van der Waals surface area contributed by atoms with Gasteiger partial charge in [-0.1, -0.05) is 0 Å². The molecular weight excluding hydrogens is 279 g/mol. The van der Waals surface area contributed by atoms with Crippen LogP contribution in [0, 0.1) is 0 Å². The van der Waals surface area contributed by atoms with Crippen molar-refractivity contribution in [3.8, 4) is 0 Å². The van der Waals surface area contributed by atoms with Crippen LogP contribution in [0.5, 0.6) is 0 Å². The summed E-state index contributed by atoms with van der Waals surface area (Å²) >= 11 is 16.1. The molecule has 0 aromatic carbocycles. The molecule has 0 rings (SSSR count). The van der Waals surface area contributed by atoms with Gasteiger partial charge in [0.25, 0.3) is 0 Å². The Morgan fingerprint density at radius 3 is 1.64 bits per heavy atom. The van der Waals surface area contributed by atoms with Gasteiger partial charge in [-0.15, -0.1) is 25.3 Å². The summed E-state index contributed by atoms with van der Waals surface area (Å²) in [4.78, 5) is 0. The minimum Gasteiger partial charge on any atom is -0.297 e. The summed E-state index contributed by atoms with van der Waals surface area (Å²) in [7, 11) is -2.50. The van der Waals surface area contributed by atoms with Gasteiger partial charge in [0.2, 0.25) is 0 Å². The van der Waals surface area contributed by atoms with Crippen molar-refractivity contribution in [1.29, 1.82) is 0 Å². The van der Waals surface area contributed by atoms with E-state index in [1.165, 1.54) is 0 Å². The molecule has 0 aromatic heterocycles. The van der Waals surface area contributed by atoms with E-state index in [-0.39, 0.29) is 0 Å². The third kappa shape index (κ3) is 8.83. The highest BCUT2D eigenvalue weighted by Crippen LogP contribution is 2.32. The van der Waals surface area contributed by atoms with Crippen LogP contribution in [0.25, 0.3) is 0 Å². The van der Waals surface area contributed by atoms with Crippen LogP contribution in [0.2, 0.25) is 0 Å². The van der Waals surface area contributed by atoms with Gasteiger partial charge < -0.3 is 0 Å². The number of rotatable bonds is 8. The summed E-state index contributed by atoms with van der Waals surface area (Å²) in [6.07, 6.45) is 1.24. The quantitative estimate of drug-likeness (QED) is 0.316. The van der Waals surface area contributed by atoms with Gasteiger partial charge in [-0.3, -0.25) is 13.6 Å². The minimum absolute atomic E-state index is 0.393. The Morgan fingerprint density at radius 1 is 1.00 bits per heavy atom. The molecular formula is C6H15O3PS4. The molecule has 0 spiro atoms. The smallest absolute Gasteiger partial charge is 0.297 e. The van der Waals surface area contributed by atoms with Crippen molar-refractivity contribution >= 4 is 58.8 Å². The predicted octanol–water partition coefficient (Wildman–Crippen LogP) is 2.56. The van der Waals surface area contributed by atoms with Crippen LogP contribution in [0.4, 0.5) is 0 Å². The number of hydrogen-bond acceptors (Lipinski definition) is 7. The van der Waals surface area contributed by atoms with Gasteiger partial charge in [0.15, 0.2) is 0 Å². The second-order valence-electron chi connectivity index (χ2n) is 2.42. The Balaban J connectivity index is 3.63. The van der Waals surface area contributed by atoms with Crippen molar-refractivity contribution in [3.63, 3.8) is 0 Å². The molecule has 0 amide bonds. The van der Waals surface area contributed by atoms with Gasteiger partial charge in [0.05, 0.1) is 0 Å². The Kier molecular flexibility index (Phi) is 10.8. The molecule has 0 aliphatic heterocycles. The summed E-state index contributed by atoms with van der Waals surface area (Å²) in [5.41, 5.74) is -0.786. The van der Waals surface area contributed by atoms with Gasteiger partial charge in [0.1, 0.15) is 10.9 Å². The third-order valence-corrected chi connectivity index (χ3v) is 3.81. The lowest BCUT2D eigenvalue weighted by Crippen LogP contribution is -2.05. The molecule has 14 heavy (non-hydrogen) atoms. The summed E-state index contributed by atoms with van der Waals surface area (Å²) in [6.45, 7) is 0. The molecule has 2 atom stereocenters. The molecule has 0 bridgehead atoms. The van der Waals surface area contributed by atoms with E-state index < -0.39 is 19.1 Å². The van der Waals surface area contributed by atoms with Crippen molar-refractivity contribution < 1.29 is 13.6 Å². The van der Waals surface area contributed by atoms with Gasteiger partial charge in [-0.05, 0) is 24.3 Å². The maximum absolute atomic E-state index is 11.2. The highest BCUT2D eigenvalue weighted by Gasteiger charge is 2.11. The highest BCUT2D eigenvalue weighted by atomic mass is 32.1. The summed E-state index contributed by atoms with van der Waals surface area (Å²) in [6, 6.07) is 0. The topological polar surface area (TPSA) is 35.5 Å². The van der Waals surface area contributed by atoms with E-state index in [0.29, 0.717) is 24.3 Å². The van der Waals surface area contributed by atoms with Crippen LogP contribution >= 0.6 is 58.8 Å². The molecule has 8 heteroatoms. The van der Waals surface area contributed by atoms with Gasteiger partial charge in [-0.25, -0.2) is 0 Å². The van der Waals surface area contributed by atoms with Crippen molar-refractivity contribution in [2.24, 2.45) is 0 Å². The maximum atomic E-state index is 11.2. The molecule has 0 saturated heterocycles. The van der Waals surface area contributed by atoms with E-state index in [2.05, 4.69) is 50.5 Å². The molecule has 3 nitrogen and oxygen atoms in total. The second-order valence-corrected chi connectivity index (χ2v) is 5.44. The normalized spacial score (nSPS) is 17.7. The molecule has 2 unspecified atom stereocenters. The Hall–Kier alpha value is 1.55. The van der Waals surface area contributed by atoms with Crippen LogP contribution in [-0.4, -0.2) is 22.4 Å². The zero-order chi connectivity index (χ0) is 11.0. The van der Waals surface area contributed by atoms with E-state index in [1.54, 1.807) is 0 Å². The zero-order valence-corrected chi connectivity index (χ0v) is 12.1.